The van der Waals surface area contributed by atoms with Gasteiger partial charge < -0.3 is 15.8 Å². The van der Waals surface area contributed by atoms with Crippen LogP contribution in [0.5, 0.6) is 5.75 Å². The quantitative estimate of drug-likeness (QED) is 0.642. The summed E-state index contributed by atoms with van der Waals surface area (Å²) in [5.41, 5.74) is 6.22. The number of nitrogens with two attached hydrogens (primary N) is 1. The molecule has 0 bridgehead atoms. The van der Waals surface area contributed by atoms with Gasteiger partial charge in [-0.15, -0.1) is 0 Å². The normalized spacial score (nSPS) is 10.2. The maximum Gasteiger partial charge on any atom is 0.254 e. The number of anilines is 1. The molecule has 3 N–H and O–H groups in total. The second-order valence-electron chi connectivity index (χ2n) is 4.30. The molecule has 0 saturated heterocycles. The van der Waals surface area contributed by atoms with Crippen LogP contribution in [0, 0.1) is 5.82 Å². The Morgan fingerprint density at radius 2 is 2.10 bits per heavy atom. The Hall–Kier alpha value is -2.08. The molecule has 2 aromatic rings. The van der Waals surface area contributed by atoms with E-state index in [1.165, 1.54) is 18.2 Å². The fraction of sp³-hybridized carbons (Fsp3) is 0.133. The highest BCUT2D eigenvalue weighted by Crippen LogP contribution is 2.16. The number of amides is 1. The van der Waals surface area contributed by atoms with Crippen LogP contribution in [-0.4, -0.2) is 19.1 Å². The third-order valence-electron chi connectivity index (χ3n) is 2.69. The highest BCUT2D eigenvalue weighted by molar-refractivity contribution is 9.10. The summed E-state index contributed by atoms with van der Waals surface area (Å²) < 4.78 is 19.6. The molecule has 0 spiro atoms. The minimum atomic E-state index is -0.563. The average Bonchev–Trinajstić information content (AvgIpc) is 2.46. The van der Waals surface area contributed by atoms with Crippen LogP contribution in [0.3, 0.4) is 0 Å². The number of rotatable bonds is 5. The highest BCUT2D eigenvalue weighted by atomic mass is 79.9. The van der Waals surface area contributed by atoms with Gasteiger partial charge in [0.1, 0.15) is 18.2 Å². The minimum absolute atomic E-state index is 0.00618. The van der Waals surface area contributed by atoms with Gasteiger partial charge >= 0.3 is 0 Å². The highest BCUT2D eigenvalue weighted by Gasteiger charge is 2.11. The largest absolute Gasteiger partial charge is 0.492 e. The first-order valence-corrected chi connectivity index (χ1v) is 7.07. The molecular formula is C15H14BrFN2O2. The lowest BCUT2D eigenvalue weighted by Gasteiger charge is -2.09. The predicted molar refractivity (Wildman–Crippen MR) is 82.8 cm³/mol. The van der Waals surface area contributed by atoms with Crippen molar-refractivity contribution in [3.05, 3.63) is 58.3 Å². The van der Waals surface area contributed by atoms with Crippen LogP contribution in [0.4, 0.5) is 10.1 Å². The SMILES string of the molecule is Nc1cccc(OCCNC(=O)c2cc(Br)ccc2F)c1. The van der Waals surface area contributed by atoms with Crippen molar-refractivity contribution in [1.29, 1.82) is 0 Å². The second-order valence-corrected chi connectivity index (χ2v) is 5.22. The van der Waals surface area contributed by atoms with Crippen molar-refractivity contribution in [2.75, 3.05) is 18.9 Å². The average molecular weight is 353 g/mol. The molecule has 2 aromatic carbocycles. The van der Waals surface area contributed by atoms with Gasteiger partial charge in [0.15, 0.2) is 0 Å². The molecule has 0 unspecified atom stereocenters. The Morgan fingerprint density at radius 3 is 2.86 bits per heavy atom. The number of carbonyl (C=O) groups excluding carboxylic acids is 1. The van der Waals surface area contributed by atoms with E-state index in [9.17, 15) is 9.18 Å². The molecule has 0 aliphatic rings. The van der Waals surface area contributed by atoms with Crippen molar-refractivity contribution in [2.45, 2.75) is 0 Å². The summed E-state index contributed by atoms with van der Waals surface area (Å²) in [6.07, 6.45) is 0. The summed E-state index contributed by atoms with van der Waals surface area (Å²) in [6, 6.07) is 11.2. The maximum atomic E-state index is 13.5. The zero-order valence-corrected chi connectivity index (χ0v) is 12.7. The summed E-state index contributed by atoms with van der Waals surface area (Å²) in [5.74, 6) is -0.421. The molecule has 6 heteroatoms. The first-order chi connectivity index (χ1) is 10.1. The van der Waals surface area contributed by atoms with Crippen LogP contribution in [0.2, 0.25) is 0 Å². The van der Waals surface area contributed by atoms with E-state index in [2.05, 4.69) is 21.2 Å². The molecule has 0 fully saturated rings. The van der Waals surface area contributed by atoms with E-state index in [4.69, 9.17) is 10.5 Å². The summed E-state index contributed by atoms with van der Waals surface area (Å²) in [6.45, 7) is 0.532. The molecule has 2 rings (SSSR count). The lowest BCUT2D eigenvalue weighted by atomic mass is 10.2. The van der Waals surface area contributed by atoms with Crippen molar-refractivity contribution in [3.8, 4) is 5.75 Å². The van der Waals surface area contributed by atoms with E-state index < -0.39 is 11.7 Å². The van der Waals surface area contributed by atoms with E-state index in [1.54, 1.807) is 24.3 Å². The molecule has 110 valence electrons. The standard InChI is InChI=1S/C15H14BrFN2O2/c16-10-4-5-14(17)13(8-10)15(20)19-6-7-21-12-3-1-2-11(18)9-12/h1-5,8-9H,6-7,18H2,(H,19,20). The monoisotopic (exact) mass is 352 g/mol. The van der Waals surface area contributed by atoms with E-state index in [1.807, 2.05) is 0 Å². The lowest BCUT2D eigenvalue weighted by Crippen LogP contribution is -2.28. The molecule has 0 aliphatic carbocycles. The Morgan fingerprint density at radius 1 is 1.29 bits per heavy atom. The minimum Gasteiger partial charge on any atom is -0.492 e. The number of hydrogen-bond acceptors (Lipinski definition) is 3. The molecule has 0 radical (unpaired) electrons. The zero-order valence-electron chi connectivity index (χ0n) is 11.1. The third kappa shape index (κ3) is 4.46. The van der Waals surface area contributed by atoms with E-state index in [-0.39, 0.29) is 18.7 Å². The van der Waals surface area contributed by atoms with E-state index in [0.717, 1.165) is 0 Å². The molecule has 4 nitrogen and oxygen atoms in total. The molecule has 0 aromatic heterocycles. The maximum absolute atomic E-state index is 13.5. The Labute approximate surface area is 130 Å². The summed E-state index contributed by atoms with van der Waals surface area (Å²) in [7, 11) is 0. The number of carbonyl (C=O) groups is 1. The van der Waals surface area contributed by atoms with Crippen LogP contribution >= 0.6 is 15.9 Å². The van der Waals surface area contributed by atoms with Crippen molar-refractivity contribution in [3.63, 3.8) is 0 Å². The summed E-state index contributed by atoms with van der Waals surface area (Å²) >= 11 is 3.20. The van der Waals surface area contributed by atoms with Gasteiger partial charge in [-0.05, 0) is 30.3 Å². The van der Waals surface area contributed by atoms with E-state index >= 15 is 0 Å². The fourth-order valence-corrected chi connectivity index (χ4v) is 2.07. The first-order valence-electron chi connectivity index (χ1n) is 6.28. The van der Waals surface area contributed by atoms with Gasteiger partial charge in [0.05, 0.1) is 12.1 Å². The number of halogens is 2. The fourth-order valence-electron chi connectivity index (χ4n) is 1.70. The van der Waals surface area contributed by atoms with Gasteiger partial charge in [0, 0.05) is 16.2 Å². The van der Waals surface area contributed by atoms with Crippen LogP contribution in [0.15, 0.2) is 46.9 Å². The smallest absolute Gasteiger partial charge is 0.254 e. The molecule has 0 aliphatic heterocycles. The molecule has 0 heterocycles. The Bertz CT molecular complexity index is 649. The second kappa shape index (κ2) is 7.08. The number of nitrogens with one attached hydrogen (secondary N) is 1. The molecule has 21 heavy (non-hydrogen) atoms. The number of benzene rings is 2. The Kier molecular flexibility index (Phi) is 5.16. The van der Waals surface area contributed by atoms with Gasteiger partial charge in [-0.2, -0.15) is 0 Å². The zero-order chi connectivity index (χ0) is 15.2. The first kappa shape index (κ1) is 15.3. The topological polar surface area (TPSA) is 64.3 Å². The van der Waals surface area contributed by atoms with Crippen LogP contribution in [0.25, 0.3) is 0 Å². The third-order valence-corrected chi connectivity index (χ3v) is 3.18. The van der Waals surface area contributed by atoms with Crippen LogP contribution in [-0.2, 0) is 0 Å². The molecule has 0 atom stereocenters. The lowest BCUT2D eigenvalue weighted by molar-refractivity contribution is 0.0943. The van der Waals surface area contributed by atoms with Crippen molar-refractivity contribution >= 4 is 27.5 Å². The van der Waals surface area contributed by atoms with Crippen molar-refractivity contribution < 1.29 is 13.9 Å². The van der Waals surface area contributed by atoms with Crippen LogP contribution < -0.4 is 15.8 Å². The summed E-state index contributed by atoms with van der Waals surface area (Å²) in [5, 5.41) is 2.60. The van der Waals surface area contributed by atoms with Gasteiger partial charge in [-0.1, -0.05) is 22.0 Å². The molecule has 1 amide bonds. The summed E-state index contributed by atoms with van der Waals surface area (Å²) in [4.78, 5) is 11.8. The molecular weight excluding hydrogens is 339 g/mol. The Balaban J connectivity index is 1.83. The van der Waals surface area contributed by atoms with Crippen molar-refractivity contribution in [2.24, 2.45) is 0 Å². The van der Waals surface area contributed by atoms with E-state index in [0.29, 0.717) is 15.9 Å². The van der Waals surface area contributed by atoms with Gasteiger partial charge in [-0.25, -0.2) is 4.39 Å². The van der Waals surface area contributed by atoms with Crippen molar-refractivity contribution in [1.82, 2.24) is 5.32 Å². The van der Waals surface area contributed by atoms with Gasteiger partial charge in [0.2, 0.25) is 0 Å². The van der Waals surface area contributed by atoms with Gasteiger partial charge in [0.25, 0.3) is 5.91 Å². The predicted octanol–water partition coefficient (Wildman–Crippen LogP) is 2.98. The van der Waals surface area contributed by atoms with Gasteiger partial charge in [-0.3, -0.25) is 4.79 Å². The number of nitrogen functional groups attached to an aromatic ring is 1. The number of ether oxygens (including phenoxy) is 1. The van der Waals surface area contributed by atoms with Crippen LogP contribution in [0.1, 0.15) is 10.4 Å². The number of hydrogen-bond donors (Lipinski definition) is 2. The molecule has 0 saturated carbocycles.